The smallest absolute Gasteiger partial charge is 0.270 e. The van der Waals surface area contributed by atoms with Gasteiger partial charge in [-0.15, -0.1) is 0 Å². The SMILES string of the molecule is C=C/C=C(\C=C/C)Oc1ccnc(C(=O)NC2COc3cc(C#CC4(O)COC4)ccc3N(C)C2=O)c1. The summed E-state index contributed by atoms with van der Waals surface area (Å²) >= 11 is 0. The lowest BCUT2D eigenvalue weighted by Crippen LogP contribution is -2.49. The standard InChI is InChI=1S/C28H27N3O6/c1-4-6-20(7-5-2)37-21-11-13-29-22(15-21)26(32)30-23-16-36-25-14-19(10-12-28(34)17-35-18-28)8-9-24(25)31(3)27(23)33/h4-9,11,13-15,23,34H,1,16-18H2,2-3H3,(H,30,32)/b7-5-,20-6+. The predicted octanol–water partition coefficient (Wildman–Crippen LogP) is 2.37. The van der Waals surface area contributed by atoms with Gasteiger partial charge < -0.3 is 29.5 Å². The molecule has 190 valence electrons. The Kier molecular flexibility index (Phi) is 7.72. The maximum absolute atomic E-state index is 13.1. The summed E-state index contributed by atoms with van der Waals surface area (Å²) in [5, 5.41) is 12.8. The Labute approximate surface area is 215 Å². The fourth-order valence-electron chi connectivity index (χ4n) is 3.61. The molecule has 37 heavy (non-hydrogen) atoms. The lowest BCUT2D eigenvalue weighted by molar-refractivity contribution is -0.140. The van der Waals surface area contributed by atoms with Gasteiger partial charge in [0.15, 0.2) is 5.60 Å². The molecule has 2 aromatic rings. The van der Waals surface area contributed by atoms with E-state index in [9.17, 15) is 14.7 Å². The van der Waals surface area contributed by atoms with Gasteiger partial charge in [0.25, 0.3) is 11.8 Å². The third-order valence-corrected chi connectivity index (χ3v) is 5.59. The maximum Gasteiger partial charge on any atom is 0.270 e. The molecule has 0 bridgehead atoms. The molecule has 0 radical (unpaired) electrons. The first-order valence-corrected chi connectivity index (χ1v) is 11.6. The number of amides is 2. The molecule has 0 spiro atoms. The fraction of sp³-hybridized carbons (Fsp3) is 0.250. The summed E-state index contributed by atoms with van der Waals surface area (Å²) in [6.45, 7) is 5.78. The van der Waals surface area contributed by atoms with Gasteiger partial charge >= 0.3 is 0 Å². The quantitative estimate of drug-likeness (QED) is 0.355. The first-order chi connectivity index (χ1) is 17.8. The molecule has 1 unspecified atom stereocenters. The van der Waals surface area contributed by atoms with Crippen molar-refractivity contribution in [2.24, 2.45) is 0 Å². The van der Waals surface area contributed by atoms with Gasteiger partial charge in [-0.3, -0.25) is 14.6 Å². The van der Waals surface area contributed by atoms with Crippen molar-refractivity contribution in [3.63, 3.8) is 0 Å². The van der Waals surface area contributed by atoms with E-state index in [1.807, 2.05) is 13.0 Å². The zero-order chi connectivity index (χ0) is 26.4. The number of hydrogen-bond donors (Lipinski definition) is 2. The van der Waals surface area contributed by atoms with Crippen molar-refractivity contribution in [2.75, 3.05) is 31.8 Å². The number of rotatable bonds is 6. The number of benzene rings is 1. The van der Waals surface area contributed by atoms with Gasteiger partial charge in [0.2, 0.25) is 0 Å². The normalized spacial score (nSPS) is 18.5. The monoisotopic (exact) mass is 501 g/mol. The Morgan fingerprint density at radius 2 is 2.16 bits per heavy atom. The number of anilines is 1. The molecule has 2 aliphatic rings. The van der Waals surface area contributed by atoms with E-state index in [1.54, 1.807) is 49.5 Å². The minimum Gasteiger partial charge on any atom is -0.489 e. The predicted molar refractivity (Wildman–Crippen MR) is 137 cm³/mol. The van der Waals surface area contributed by atoms with Crippen molar-refractivity contribution in [2.45, 2.75) is 18.6 Å². The molecule has 1 aromatic carbocycles. The number of ether oxygens (including phenoxy) is 3. The van der Waals surface area contributed by atoms with Crippen LogP contribution in [0.5, 0.6) is 11.5 Å². The van der Waals surface area contributed by atoms with Crippen molar-refractivity contribution >= 4 is 17.5 Å². The first-order valence-electron chi connectivity index (χ1n) is 11.6. The molecule has 1 saturated heterocycles. The van der Waals surface area contributed by atoms with E-state index in [-0.39, 0.29) is 31.4 Å². The van der Waals surface area contributed by atoms with Crippen molar-refractivity contribution in [1.82, 2.24) is 10.3 Å². The van der Waals surface area contributed by atoms with Crippen LogP contribution < -0.4 is 19.7 Å². The first kappa shape index (κ1) is 25.7. The number of likely N-dealkylation sites (N-methyl/N-ethyl adjacent to an activating group) is 1. The summed E-state index contributed by atoms with van der Waals surface area (Å²) in [6, 6.07) is 7.31. The highest BCUT2D eigenvalue weighted by molar-refractivity contribution is 6.03. The number of allylic oxidation sites excluding steroid dienone is 4. The molecule has 1 atom stereocenters. The highest BCUT2D eigenvalue weighted by Gasteiger charge is 2.34. The number of hydrogen-bond acceptors (Lipinski definition) is 7. The summed E-state index contributed by atoms with van der Waals surface area (Å²) in [5.74, 6) is 6.21. The number of aromatic nitrogens is 1. The Bertz CT molecular complexity index is 1330. The number of fused-ring (bicyclic) bond motifs is 1. The van der Waals surface area contributed by atoms with Gasteiger partial charge in [0.1, 0.15) is 35.6 Å². The van der Waals surface area contributed by atoms with Gasteiger partial charge in [0, 0.05) is 24.9 Å². The molecular weight excluding hydrogens is 474 g/mol. The highest BCUT2D eigenvalue weighted by Crippen LogP contribution is 2.31. The van der Waals surface area contributed by atoms with Crippen LogP contribution >= 0.6 is 0 Å². The molecule has 2 N–H and O–H groups in total. The minimum absolute atomic E-state index is 0.0831. The molecule has 1 fully saturated rings. The number of pyridine rings is 1. The average Bonchev–Trinajstić information content (AvgIpc) is 2.98. The van der Waals surface area contributed by atoms with E-state index in [1.165, 1.54) is 17.2 Å². The number of carbonyl (C=O) groups is 2. The molecule has 2 amide bonds. The van der Waals surface area contributed by atoms with Crippen molar-refractivity contribution < 1.29 is 28.9 Å². The Morgan fingerprint density at radius 1 is 1.35 bits per heavy atom. The molecule has 4 rings (SSSR count). The molecule has 2 aliphatic heterocycles. The maximum atomic E-state index is 13.1. The average molecular weight is 502 g/mol. The number of nitrogens with one attached hydrogen (secondary N) is 1. The lowest BCUT2D eigenvalue weighted by Gasteiger charge is -2.30. The molecule has 0 saturated carbocycles. The van der Waals surface area contributed by atoms with Crippen LogP contribution in [0.2, 0.25) is 0 Å². The zero-order valence-corrected chi connectivity index (χ0v) is 20.6. The lowest BCUT2D eigenvalue weighted by atomic mass is 10.0. The van der Waals surface area contributed by atoms with Crippen molar-refractivity contribution in [3.8, 4) is 23.3 Å². The van der Waals surface area contributed by atoms with E-state index in [0.29, 0.717) is 28.5 Å². The van der Waals surface area contributed by atoms with Crippen LogP contribution in [-0.4, -0.2) is 60.4 Å². The molecule has 3 heterocycles. The molecule has 9 nitrogen and oxygen atoms in total. The summed E-state index contributed by atoms with van der Waals surface area (Å²) in [6.07, 6.45) is 8.32. The molecule has 9 heteroatoms. The zero-order valence-electron chi connectivity index (χ0n) is 20.6. The van der Waals surface area contributed by atoms with Crippen LogP contribution in [0.1, 0.15) is 23.0 Å². The van der Waals surface area contributed by atoms with Gasteiger partial charge in [0.05, 0.1) is 18.9 Å². The van der Waals surface area contributed by atoms with Crippen LogP contribution in [0.15, 0.2) is 73.2 Å². The van der Waals surface area contributed by atoms with Crippen LogP contribution in [-0.2, 0) is 9.53 Å². The van der Waals surface area contributed by atoms with E-state index in [2.05, 4.69) is 28.7 Å². The Hall–Kier alpha value is -4.39. The van der Waals surface area contributed by atoms with Crippen LogP contribution in [0.25, 0.3) is 0 Å². The Morgan fingerprint density at radius 3 is 2.86 bits per heavy atom. The van der Waals surface area contributed by atoms with Gasteiger partial charge in [-0.25, -0.2) is 0 Å². The van der Waals surface area contributed by atoms with Gasteiger partial charge in [-0.1, -0.05) is 30.6 Å². The van der Waals surface area contributed by atoms with E-state index < -0.39 is 17.6 Å². The molecule has 1 aromatic heterocycles. The van der Waals surface area contributed by atoms with Crippen molar-refractivity contribution in [3.05, 3.63) is 84.4 Å². The summed E-state index contributed by atoms with van der Waals surface area (Å²) < 4.78 is 16.7. The van der Waals surface area contributed by atoms with E-state index >= 15 is 0 Å². The summed E-state index contributed by atoms with van der Waals surface area (Å²) in [7, 11) is 1.61. The Balaban J connectivity index is 1.47. The van der Waals surface area contributed by atoms with Crippen molar-refractivity contribution in [1.29, 1.82) is 0 Å². The fourth-order valence-corrected chi connectivity index (χ4v) is 3.61. The van der Waals surface area contributed by atoms with Gasteiger partial charge in [-0.2, -0.15) is 0 Å². The van der Waals surface area contributed by atoms with E-state index in [0.717, 1.165) is 0 Å². The second-order valence-corrected chi connectivity index (χ2v) is 8.47. The minimum atomic E-state index is -1.14. The van der Waals surface area contributed by atoms with Crippen LogP contribution in [0, 0.1) is 11.8 Å². The number of nitrogens with zero attached hydrogens (tertiary/aromatic N) is 2. The second kappa shape index (κ2) is 11.1. The molecule has 0 aliphatic carbocycles. The third-order valence-electron chi connectivity index (χ3n) is 5.59. The van der Waals surface area contributed by atoms with Gasteiger partial charge in [-0.05, 0) is 43.3 Å². The third kappa shape index (κ3) is 6.06. The summed E-state index contributed by atoms with van der Waals surface area (Å²) in [4.78, 5) is 31.6. The highest BCUT2D eigenvalue weighted by atomic mass is 16.5. The molecular formula is C28H27N3O6. The van der Waals surface area contributed by atoms with E-state index in [4.69, 9.17) is 14.2 Å². The number of carbonyl (C=O) groups excluding carboxylic acids is 2. The topological polar surface area (TPSA) is 110 Å². The van der Waals surface area contributed by atoms with Crippen LogP contribution in [0.3, 0.4) is 0 Å². The summed E-state index contributed by atoms with van der Waals surface area (Å²) in [5.41, 5.74) is 0.106. The largest absolute Gasteiger partial charge is 0.489 e. The number of aliphatic hydroxyl groups is 1. The second-order valence-electron chi connectivity index (χ2n) is 8.47. The van der Waals surface area contributed by atoms with Crippen LogP contribution in [0.4, 0.5) is 5.69 Å².